The largest absolute Gasteiger partial charge is 0.356 e. The molecule has 0 aliphatic carbocycles. The molecule has 1 heterocycles. The van der Waals surface area contributed by atoms with E-state index in [0.717, 1.165) is 16.9 Å². The van der Waals surface area contributed by atoms with Gasteiger partial charge in [-0.05, 0) is 24.3 Å². The summed E-state index contributed by atoms with van der Waals surface area (Å²) in [6.45, 7) is 0.815. The maximum Gasteiger partial charge on any atom is 0.251 e. The van der Waals surface area contributed by atoms with Crippen LogP contribution in [0.15, 0.2) is 54.6 Å². The SMILES string of the molecule is O=C(CCNC(=O)c1ccccc1)NCCc1nc2ccccc2[nH]1. The third-order valence-corrected chi connectivity index (χ3v) is 3.80. The van der Waals surface area contributed by atoms with Gasteiger partial charge in [-0.25, -0.2) is 4.98 Å². The van der Waals surface area contributed by atoms with Crippen molar-refractivity contribution in [2.24, 2.45) is 0 Å². The number of fused-ring (bicyclic) bond motifs is 1. The quantitative estimate of drug-likeness (QED) is 0.617. The zero-order valence-corrected chi connectivity index (χ0v) is 13.8. The first-order valence-corrected chi connectivity index (χ1v) is 8.26. The van der Waals surface area contributed by atoms with E-state index in [1.807, 2.05) is 30.3 Å². The van der Waals surface area contributed by atoms with Crippen LogP contribution >= 0.6 is 0 Å². The molecule has 25 heavy (non-hydrogen) atoms. The highest BCUT2D eigenvalue weighted by Crippen LogP contribution is 2.10. The number of H-pyrrole nitrogens is 1. The number of imidazole rings is 1. The molecule has 0 aliphatic rings. The Morgan fingerprint density at radius 3 is 2.48 bits per heavy atom. The first-order valence-electron chi connectivity index (χ1n) is 8.26. The number of para-hydroxylation sites is 2. The third-order valence-electron chi connectivity index (χ3n) is 3.80. The number of aromatic nitrogens is 2. The minimum Gasteiger partial charge on any atom is -0.356 e. The Labute approximate surface area is 145 Å². The molecular weight excluding hydrogens is 316 g/mol. The van der Waals surface area contributed by atoms with Crippen LogP contribution < -0.4 is 10.6 Å². The lowest BCUT2D eigenvalue weighted by atomic mass is 10.2. The van der Waals surface area contributed by atoms with Crippen molar-refractivity contribution in [3.63, 3.8) is 0 Å². The third kappa shape index (κ3) is 4.67. The highest BCUT2D eigenvalue weighted by atomic mass is 16.2. The van der Waals surface area contributed by atoms with Crippen molar-refractivity contribution in [1.29, 1.82) is 0 Å². The van der Waals surface area contributed by atoms with Crippen LogP contribution in [-0.2, 0) is 11.2 Å². The van der Waals surface area contributed by atoms with Crippen LogP contribution in [0, 0.1) is 0 Å². The van der Waals surface area contributed by atoms with E-state index in [-0.39, 0.29) is 18.2 Å². The Morgan fingerprint density at radius 1 is 0.920 bits per heavy atom. The fourth-order valence-corrected chi connectivity index (χ4v) is 2.51. The molecule has 0 aliphatic heterocycles. The van der Waals surface area contributed by atoms with Crippen molar-refractivity contribution in [2.45, 2.75) is 12.8 Å². The molecule has 0 bridgehead atoms. The number of hydrogen-bond donors (Lipinski definition) is 3. The fraction of sp³-hybridized carbons (Fsp3) is 0.211. The molecule has 0 unspecified atom stereocenters. The van der Waals surface area contributed by atoms with Gasteiger partial charge in [0.25, 0.3) is 5.91 Å². The number of hydrogen-bond acceptors (Lipinski definition) is 3. The molecule has 0 atom stereocenters. The van der Waals surface area contributed by atoms with Crippen LogP contribution in [0.1, 0.15) is 22.6 Å². The van der Waals surface area contributed by atoms with E-state index in [0.29, 0.717) is 25.1 Å². The highest BCUT2D eigenvalue weighted by Gasteiger charge is 2.06. The average molecular weight is 336 g/mol. The number of aromatic amines is 1. The summed E-state index contributed by atoms with van der Waals surface area (Å²) in [5.41, 5.74) is 2.51. The summed E-state index contributed by atoms with van der Waals surface area (Å²) >= 11 is 0. The van der Waals surface area contributed by atoms with Crippen molar-refractivity contribution >= 4 is 22.8 Å². The van der Waals surface area contributed by atoms with E-state index in [4.69, 9.17) is 0 Å². The molecule has 2 amide bonds. The van der Waals surface area contributed by atoms with Crippen molar-refractivity contribution in [1.82, 2.24) is 20.6 Å². The Kier molecular flexibility index (Phi) is 5.41. The number of amides is 2. The van der Waals surface area contributed by atoms with Crippen LogP contribution in [0.2, 0.25) is 0 Å². The lowest BCUT2D eigenvalue weighted by molar-refractivity contribution is -0.120. The van der Waals surface area contributed by atoms with Crippen molar-refractivity contribution in [3.8, 4) is 0 Å². The van der Waals surface area contributed by atoms with Gasteiger partial charge in [-0.15, -0.1) is 0 Å². The van der Waals surface area contributed by atoms with E-state index in [9.17, 15) is 9.59 Å². The Bertz CT molecular complexity index is 825. The number of carbonyl (C=O) groups is 2. The second kappa shape index (κ2) is 8.10. The minimum atomic E-state index is -0.171. The van der Waals surface area contributed by atoms with Crippen molar-refractivity contribution < 1.29 is 9.59 Å². The predicted octanol–water partition coefficient (Wildman–Crippen LogP) is 2.04. The normalized spacial score (nSPS) is 10.6. The van der Waals surface area contributed by atoms with Gasteiger partial charge < -0.3 is 15.6 Å². The van der Waals surface area contributed by atoms with E-state index in [1.165, 1.54) is 0 Å². The molecule has 128 valence electrons. The van der Waals surface area contributed by atoms with Crippen molar-refractivity contribution in [2.75, 3.05) is 13.1 Å². The Balaban J connectivity index is 1.36. The van der Waals surface area contributed by atoms with Crippen LogP contribution in [0.25, 0.3) is 11.0 Å². The van der Waals surface area contributed by atoms with Gasteiger partial charge in [-0.1, -0.05) is 30.3 Å². The smallest absolute Gasteiger partial charge is 0.251 e. The monoisotopic (exact) mass is 336 g/mol. The van der Waals surface area contributed by atoms with Gasteiger partial charge in [0.1, 0.15) is 5.82 Å². The molecule has 0 radical (unpaired) electrons. The van der Waals surface area contributed by atoms with Gasteiger partial charge in [0.05, 0.1) is 11.0 Å². The van der Waals surface area contributed by atoms with E-state index in [2.05, 4.69) is 20.6 Å². The zero-order chi connectivity index (χ0) is 17.5. The van der Waals surface area contributed by atoms with E-state index < -0.39 is 0 Å². The lowest BCUT2D eigenvalue weighted by Crippen LogP contribution is -2.31. The first-order chi connectivity index (χ1) is 12.2. The minimum absolute atomic E-state index is 0.0931. The summed E-state index contributed by atoms with van der Waals surface area (Å²) in [4.78, 5) is 31.4. The molecule has 1 aromatic heterocycles. The van der Waals surface area contributed by atoms with Crippen LogP contribution in [0.3, 0.4) is 0 Å². The molecule has 6 heteroatoms. The molecule has 6 nitrogen and oxygen atoms in total. The Hall–Kier alpha value is -3.15. The maximum absolute atomic E-state index is 11.9. The van der Waals surface area contributed by atoms with Crippen molar-refractivity contribution in [3.05, 3.63) is 66.0 Å². The van der Waals surface area contributed by atoms with Gasteiger partial charge in [0.2, 0.25) is 5.91 Å². The number of rotatable bonds is 7. The summed E-state index contributed by atoms with van der Waals surface area (Å²) in [5.74, 6) is 0.582. The molecular formula is C19H20N4O2. The lowest BCUT2D eigenvalue weighted by Gasteiger charge is -2.06. The molecule has 3 N–H and O–H groups in total. The fourth-order valence-electron chi connectivity index (χ4n) is 2.51. The molecule has 0 fully saturated rings. The van der Waals surface area contributed by atoms with Gasteiger partial charge in [0.15, 0.2) is 0 Å². The summed E-state index contributed by atoms with van der Waals surface area (Å²) < 4.78 is 0. The molecule has 3 rings (SSSR count). The molecule has 0 saturated carbocycles. The van der Waals surface area contributed by atoms with Gasteiger partial charge in [-0.3, -0.25) is 9.59 Å². The molecule has 0 spiro atoms. The van der Waals surface area contributed by atoms with Crippen LogP contribution in [-0.4, -0.2) is 34.9 Å². The second-order valence-electron chi connectivity index (χ2n) is 5.67. The van der Waals surface area contributed by atoms with Gasteiger partial charge in [0, 0.05) is 31.5 Å². The summed E-state index contributed by atoms with van der Waals surface area (Å²) in [6.07, 6.45) is 0.884. The predicted molar refractivity (Wildman–Crippen MR) is 96.2 cm³/mol. The van der Waals surface area contributed by atoms with Crippen LogP contribution in [0.4, 0.5) is 0 Å². The zero-order valence-electron chi connectivity index (χ0n) is 13.8. The van der Waals surface area contributed by atoms with E-state index >= 15 is 0 Å². The Morgan fingerprint density at radius 2 is 1.68 bits per heavy atom. The second-order valence-corrected chi connectivity index (χ2v) is 5.67. The van der Waals surface area contributed by atoms with Gasteiger partial charge in [-0.2, -0.15) is 0 Å². The number of benzene rings is 2. The topological polar surface area (TPSA) is 86.9 Å². The summed E-state index contributed by atoms with van der Waals surface area (Å²) in [6, 6.07) is 16.8. The summed E-state index contributed by atoms with van der Waals surface area (Å²) in [5, 5.41) is 5.58. The van der Waals surface area contributed by atoms with E-state index in [1.54, 1.807) is 24.3 Å². The van der Waals surface area contributed by atoms with Crippen LogP contribution in [0.5, 0.6) is 0 Å². The van der Waals surface area contributed by atoms with Gasteiger partial charge >= 0.3 is 0 Å². The number of nitrogens with zero attached hydrogens (tertiary/aromatic N) is 1. The number of carbonyl (C=O) groups excluding carboxylic acids is 2. The standard InChI is InChI=1S/C19H20N4O2/c24-18(11-13-21-19(25)14-6-2-1-3-7-14)20-12-10-17-22-15-8-4-5-9-16(15)23-17/h1-9H,10-13H2,(H,20,24)(H,21,25)(H,22,23). The maximum atomic E-state index is 11.9. The molecule has 0 saturated heterocycles. The highest BCUT2D eigenvalue weighted by molar-refractivity contribution is 5.94. The number of nitrogens with one attached hydrogen (secondary N) is 3. The summed E-state index contributed by atoms with van der Waals surface area (Å²) in [7, 11) is 0. The molecule has 3 aromatic rings. The molecule has 2 aromatic carbocycles. The average Bonchev–Trinajstić information content (AvgIpc) is 3.05. The first kappa shape index (κ1) is 16.7.